The second kappa shape index (κ2) is 2.70. The number of nitrogens with zero attached hydrogens (tertiary/aromatic N) is 2. The zero-order valence-corrected chi connectivity index (χ0v) is 9.69. The minimum absolute atomic E-state index is 0.204. The van der Waals surface area contributed by atoms with Gasteiger partial charge in [0.15, 0.2) is 10.4 Å². The maximum atomic E-state index is 5.35. The summed E-state index contributed by atoms with van der Waals surface area (Å²) >= 11 is 5.35. The third kappa shape index (κ3) is 1.24. The molecule has 3 nitrogen and oxygen atoms in total. The number of hydrogen-bond donors (Lipinski definition) is 1. The fourth-order valence-electron chi connectivity index (χ4n) is 1.98. The molecule has 4 heteroatoms. The lowest BCUT2D eigenvalue weighted by atomic mass is 10.3. The van der Waals surface area contributed by atoms with E-state index in [4.69, 9.17) is 12.2 Å². The first-order chi connectivity index (χ1) is 7.10. The minimum Gasteiger partial charge on any atom is -0.329 e. The highest BCUT2D eigenvalue weighted by Gasteiger charge is 2.41. The summed E-state index contributed by atoms with van der Waals surface area (Å²) in [5.74, 6) is 0. The van der Waals surface area contributed by atoms with Crippen LogP contribution in [0.4, 0.5) is 0 Å². The molecule has 78 valence electrons. The van der Waals surface area contributed by atoms with Crippen LogP contribution in [0, 0.1) is 11.7 Å². The number of imidazole rings is 1. The maximum absolute atomic E-state index is 5.35. The van der Waals surface area contributed by atoms with Crippen molar-refractivity contribution in [2.75, 3.05) is 0 Å². The van der Waals surface area contributed by atoms with E-state index in [2.05, 4.69) is 27.5 Å². The monoisotopic (exact) mass is 219 g/mol. The molecule has 0 radical (unpaired) electrons. The largest absolute Gasteiger partial charge is 0.329 e. The molecular formula is C11H13N3S. The Bertz CT molecular complexity index is 589. The molecule has 0 amide bonds. The Morgan fingerprint density at radius 1 is 1.47 bits per heavy atom. The summed E-state index contributed by atoms with van der Waals surface area (Å²) in [5.41, 5.74) is 3.28. The van der Waals surface area contributed by atoms with Crippen LogP contribution in [0.5, 0.6) is 0 Å². The Hall–Kier alpha value is -1.16. The first-order valence-electron chi connectivity index (χ1n) is 5.19. The Labute approximate surface area is 93.1 Å². The number of aryl methyl sites for hydroxylation is 1. The van der Waals surface area contributed by atoms with Crippen LogP contribution in [0.3, 0.4) is 0 Å². The van der Waals surface area contributed by atoms with E-state index in [0.29, 0.717) is 0 Å². The molecule has 2 aromatic rings. The second-order valence-electron chi connectivity index (χ2n) is 4.59. The summed E-state index contributed by atoms with van der Waals surface area (Å²) in [7, 11) is 0. The van der Waals surface area contributed by atoms with E-state index < -0.39 is 0 Å². The van der Waals surface area contributed by atoms with Crippen LogP contribution < -0.4 is 0 Å². The molecule has 0 unspecified atom stereocenters. The number of aromatic amines is 1. The zero-order valence-electron chi connectivity index (χ0n) is 8.87. The summed E-state index contributed by atoms with van der Waals surface area (Å²) < 4.78 is 2.97. The van der Waals surface area contributed by atoms with Crippen molar-refractivity contribution in [3.63, 3.8) is 0 Å². The van der Waals surface area contributed by atoms with Gasteiger partial charge in [-0.25, -0.2) is 4.98 Å². The highest BCUT2D eigenvalue weighted by atomic mass is 32.1. The standard InChI is InChI=1S/C11H13N3S/c1-7-3-4-8-9(12-7)14(10(15)13-8)11(2)5-6-11/h3-4H,5-6H2,1-2H3,(H,13,15). The number of rotatable bonds is 1. The van der Waals surface area contributed by atoms with Crippen LogP contribution in [0.15, 0.2) is 12.1 Å². The van der Waals surface area contributed by atoms with Crippen molar-refractivity contribution in [1.82, 2.24) is 14.5 Å². The lowest BCUT2D eigenvalue weighted by Gasteiger charge is -2.10. The van der Waals surface area contributed by atoms with Gasteiger partial charge < -0.3 is 4.98 Å². The van der Waals surface area contributed by atoms with Gasteiger partial charge in [0.25, 0.3) is 0 Å². The zero-order chi connectivity index (χ0) is 10.6. The van der Waals surface area contributed by atoms with Gasteiger partial charge in [0.1, 0.15) is 0 Å². The highest BCUT2D eigenvalue weighted by molar-refractivity contribution is 7.71. The van der Waals surface area contributed by atoms with Gasteiger partial charge in [0, 0.05) is 11.2 Å². The quantitative estimate of drug-likeness (QED) is 0.748. The van der Waals surface area contributed by atoms with Crippen LogP contribution >= 0.6 is 12.2 Å². The predicted octanol–water partition coefficient (Wildman–Crippen LogP) is 2.91. The van der Waals surface area contributed by atoms with Crippen LogP contribution in [-0.4, -0.2) is 14.5 Å². The van der Waals surface area contributed by atoms with Gasteiger partial charge in [-0.05, 0) is 51.0 Å². The summed E-state index contributed by atoms with van der Waals surface area (Å²) in [6.07, 6.45) is 2.40. The molecule has 15 heavy (non-hydrogen) atoms. The fraction of sp³-hybridized carbons (Fsp3) is 0.455. The molecule has 0 aromatic carbocycles. The molecule has 3 rings (SSSR count). The first-order valence-corrected chi connectivity index (χ1v) is 5.60. The molecule has 1 aliphatic carbocycles. The van der Waals surface area contributed by atoms with Crippen molar-refractivity contribution in [2.24, 2.45) is 0 Å². The summed E-state index contributed by atoms with van der Waals surface area (Å²) in [6, 6.07) is 4.06. The van der Waals surface area contributed by atoms with Crippen molar-refractivity contribution < 1.29 is 0 Å². The van der Waals surface area contributed by atoms with E-state index in [-0.39, 0.29) is 5.54 Å². The third-order valence-corrected chi connectivity index (χ3v) is 3.47. The summed E-state index contributed by atoms with van der Waals surface area (Å²) in [5, 5.41) is 0. The molecule has 2 heterocycles. The summed E-state index contributed by atoms with van der Waals surface area (Å²) in [4.78, 5) is 7.78. The Balaban J connectivity index is 2.41. The molecule has 1 fully saturated rings. The van der Waals surface area contributed by atoms with Crippen molar-refractivity contribution in [3.8, 4) is 0 Å². The van der Waals surface area contributed by atoms with Crippen LogP contribution in [0.2, 0.25) is 0 Å². The summed E-state index contributed by atoms with van der Waals surface area (Å²) in [6.45, 7) is 4.25. The number of aromatic nitrogens is 3. The van der Waals surface area contributed by atoms with Crippen LogP contribution in [0.1, 0.15) is 25.5 Å². The van der Waals surface area contributed by atoms with Crippen molar-refractivity contribution in [2.45, 2.75) is 32.2 Å². The third-order valence-electron chi connectivity index (χ3n) is 3.18. The molecule has 0 aliphatic heterocycles. The molecule has 0 spiro atoms. The number of H-pyrrole nitrogens is 1. The Morgan fingerprint density at radius 3 is 2.87 bits per heavy atom. The van der Waals surface area contributed by atoms with Gasteiger partial charge in [-0.1, -0.05) is 0 Å². The molecule has 1 N–H and O–H groups in total. The van der Waals surface area contributed by atoms with E-state index in [9.17, 15) is 0 Å². The average Bonchev–Trinajstić information content (AvgIpc) is 2.80. The van der Waals surface area contributed by atoms with Gasteiger partial charge in [-0.15, -0.1) is 0 Å². The topological polar surface area (TPSA) is 33.6 Å². The normalized spacial score (nSPS) is 18.3. The molecule has 0 bridgehead atoms. The Morgan fingerprint density at radius 2 is 2.20 bits per heavy atom. The average molecular weight is 219 g/mol. The van der Waals surface area contributed by atoms with E-state index in [0.717, 1.165) is 21.6 Å². The fourth-order valence-corrected chi connectivity index (χ4v) is 2.40. The van der Waals surface area contributed by atoms with Gasteiger partial charge in [0.2, 0.25) is 0 Å². The number of pyridine rings is 1. The van der Waals surface area contributed by atoms with Gasteiger partial charge in [-0.2, -0.15) is 0 Å². The molecule has 0 saturated heterocycles. The van der Waals surface area contributed by atoms with E-state index in [1.807, 2.05) is 13.0 Å². The van der Waals surface area contributed by atoms with Gasteiger partial charge in [0.05, 0.1) is 5.52 Å². The van der Waals surface area contributed by atoms with Gasteiger partial charge >= 0.3 is 0 Å². The number of hydrogen-bond acceptors (Lipinski definition) is 2. The minimum atomic E-state index is 0.204. The highest BCUT2D eigenvalue weighted by Crippen LogP contribution is 2.44. The van der Waals surface area contributed by atoms with Crippen molar-refractivity contribution >= 4 is 23.4 Å². The molecule has 1 aliphatic rings. The van der Waals surface area contributed by atoms with Crippen LogP contribution in [-0.2, 0) is 5.54 Å². The predicted molar refractivity (Wildman–Crippen MR) is 62.5 cm³/mol. The first kappa shape index (κ1) is 9.09. The number of nitrogens with one attached hydrogen (secondary N) is 1. The molecular weight excluding hydrogens is 206 g/mol. The van der Waals surface area contributed by atoms with Crippen LogP contribution in [0.25, 0.3) is 11.2 Å². The van der Waals surface area contributed by atoms with E-state index in [1.54, 1.807) is 0 Å². The van der Waals surface area contributed by atoms with E-state index >= 15 is 0 Å². The molecule has 2 aromatic heterocycles. The van der Waals surface area contributed by atoms with Crippen molar-refractivity contribution in [1.29, 1.82) is 0 Å². The number of fused-ring (bicyclic) bond motifs is 1. The maximum Gasteiger partial charge on any atom is 0.179 e. The van der Waals surface area contributed by atoms with Gasteiger partial charge in [-0.3, -0.25) is 4.57 Å². The molecule has 0 atom stereocenters. The smallest absolute Gasteiger partial charge is 0.179 e. The Kier molecular flexibility index (Phi) is 1.63. The lowest BCUT2D eigenvalue weighted by molar-refractivity contribution is 0.537. The second-order valence-corrected chi connectivity index (χ2v) is 4.97. The van der Waals surface area contributed by atoms with Crippen molar-refractivity contribution in [3.05, 3.63) is 22.6 Å². The van der Waals surface area contributed by atoms with E-state index in [1.165, 1.54) is 12.8 Å². The SMILES string of the molecule is Cc1ccc2[nH]c(=S)n(C3(C)CC3)c2n1. The lowest BCUT2D eigenvalue weighted by Crippen LogP contribution is -2.12. The molecule has 1 saturated carbocycles.